The molecule has 29 heavy (non-hydrogen) atoms. The quantitative estimate of drug-likeness (QED) is 0.329. The topological polar surface area (TPSA) is 49.3 Å². The van der Waals surface area contributed by atoms with Gasteiger partial charge in [0.2, 0.25) is 0 Å². The molecular formula is C22H25ClN4S2. The number of nitrogens with one attached hydrogen (secondary N) is 2. The number of hydrogen-bond donors (Lipinski definition) is 2. The Hall–Kier alpha value is -1.76. The lowest BCUT2D eigenvalue weighted by molar-refractivity contribution is 0.886. The molecule has 0 aliphatic heterocycles. The highest BCUT2D eigenvalue weighted by Crippen LogP contribution is 2.31. The molecule has 0 amide bonds. The van der Waals surface area contributed by atoms with E-state index in [0.29, 0.717) is 5.25 Å². The third kappa shape index (κ3) is 5.65. The van der Waals surface area contributed by atoms with Gasteiger partial charge >= 0.3 is 0 Å². The van der Waals surface area contributed by atoms with Crippen LogP contribution in [-0.4, -0.2) is 29.0 Å². The molecule has 1 saturated carbocycles. The average molecular weight is 445 g/mol. The van der Waals surface area contributed by atoms with Gasteiger partial charge in [-0.3, -0.25) is 4.99 Å². The molecule has 7 heteroatoms. The number of benzene rings is 2. The van der Waals surface area contributed by atoms with Crippen molar-refractivity contribution in [2.75, 3.05) is 24.2 Å². The van der Waals surface area contributed by atoms with Crippen LogP contribution in [0.1, 0.15) is 31.2 Å². The Kier molecular flexibility index (Phi) is 6.95. The molecule has 4 rings (SSSR count). The van der Waals surface area contributed by atoms with Crippen LogP contribution in [0.25, 0.3) is 10.2 Å². The second-order valence-electron chi connectivity index (χ2n) is 7.18. The summed E-state index contributed by atoms with van der Waals surface area (Å²) >= 11 is 9.57. The number of fused-ring (bicyclic) bond motifs is 1. The summed E-state index contributed by atoms with van der Waals surface area (Å²) in [7, 11) is 1.86. The predicted octanol–water partition coefficient (Wildman–Crippen LogP) is 6.68. The zero-order valence-corrected chi connectivity index (χ0v) is 18.8. The summed E-state index contributed by atoms with van der Waals surface area (Å²) in [6, 6.07) is 14.4. The molecule has 0 saturated heterocycles. The van der Waals surface area contributed by atoms with Gasteiger partial charge in [-0.05, 0) is 55.2 Å². The number of hydrogen-bond acceptors (Lipinski definition) is 5. The Labute approximate surface area is 185 Å². The largest absolute Gasteiger partial charge is 0.361 e. The summed E-state index contributed by atoms with van der Waals surface area (Å²) in [4.78, 5) is 9.03. The van der Waals surface area contributed by atoms with Crippen LogP contribution in [0.3, 0.4) is 0 Å². The van der Waals surface area contributed by atoms with E-state index < -0.39 is 0 Å². The molecule has 0 unspecified atom stereocenters. The molecular weight excluding hydrogens is 420 g/mol. The molecule has 1 aliphatic carbocycles. The summed E-state index contributed by atoms with van der Waals surface area (Å²) in [5, 5.41) is 10.3. The first-order valence-corrected chi connectivity index (χ1v) is 12.1. The number of thioether (sulfide) groups is 1. The van der Waals surface area contributed by atoms with Gasteiger partial charge < -0.3 is 10.6 Å². The van der Waals surface area contributed by atoms with E-state index in [9.17, 15) is 0 Å². The highest BCUT2D eigenvalue weighted by atomic mass is 35.5. The number of amidine groups is 1. The Bertz CT molecular complexity index is 978. The van der Waals surface area contributed by atoms with E-state index in [0.717, 1.165) is 44.2 Å². The van der Waals surface area contributed by atoms with Crippen molar-refractivity contribution in [1.29, 1.82) is 0 Å². The van der Waals surface area contributed by atoms with Crippen LogP contribution in [0.5, 0.6) is 0 Å². The fraction of sp³-hybridized carbons (Fsp3) is 0.364. The fourth-order valence-electron chi connectivity index (χ4n) is 3.47. The summed E-state index contributed by atoms with van der Waals surface area (Å²) in [5.41, 5.74) is 3.38. The standard InChI is InChI=1S/C22H25ClN4S2/c1-24-21(28-18-4-2-3-5-18)26-17-9-6-15(7-10-17)12-13-25-22-27-19-11-8-16(23)14-20(19)29-22/h6-11,14,18H,2-5,12-13H2,1H3,(H,24,26)(H,25,27). The Morgan fingerprint density at radius 3 is 2.76 bits per heavy atom. The molecule has 2 N–H and O–H groups in total. The Morgan fingerprint density at radius 1 is 1.21 bits per heavy atom. The fourth-order valence-corrected chi connectivity index (χ4v) is 5.80. The monoisotopic (exact) mass is 444 g/mol. The minimum absolute atomic E-state index is 0.713. The van der Waals surface area contributed by atoms with Gasteiger partial charge in [0.15, 0.2) is 10.3 Å². The van der Waals surface area contributed by atoms with Gasteiger partial charge in [-0.25, -0.2) is 4.98 Å². The summed E-state index contributed by atoms with van der Waals surface area (Å²) in [6.45, 7) is 0.847. The molecule has 1 aliphatic rings. The smallest absolute Gasteiger partial charge is 0.183 e. The second kappa shape index (κ2) is 9.83. The van der Waals surface area contributed by atoms with Gasteiger partial charge in [0.05, 0.1) is 10.2 Å². The summed E-state index contributed by atoms with van der Waals surface area (Å²) in [6.07, 6.45) is 6.25. The van der Waals surface area contributed by atoms with Gasteiger partial charge in [-0.1, -0.05) is 59.7 Å². The number of anilines is 2. The molecule has 1 heterocycles. The van der Waals surface area contributed by atoms with Crippen LogP contribution in [0.2, 0.25) is 5.02 Å². The normalized spacial score (nSPS) is 15.2. The summed E-state index contributed by atoms with van der Waals surface area (Å²) < 4.78 is 1.11. The zero-order chi connectivity index (χ0) is 20.1. The molecule has 3 aromatic rings. The number of thiazole rings is 1. The van der Waals surface area contributed by atoms with Crippen molar-refractivity contribution in [2.24, 2.45) is 4.99 Å². The van der Waals surface area contributed by atoms with E-state index in [1.165, 1.54) is 31.2 Å². The van der Waals surface area contributed by atoms with Crippen LogP contribution in [-0.2, 0) is 6.42 Å². The average Bonchev–Trinajstić information content (AvgIpc) is 3.37. The maximum atomic E-state index is 6.05. The first kappa shape index (κ1) is 20.5. The predicted molar refractivity (Wildman–Crippen MR) is 130 cm³/mol. The molecule has 2 aromatic carbocycles. The molecule has 152 valence electrons. The van der Waals surface area contributed by atoms with Gasteiger partial charge in [0.1, 0.15) is 0 Å². The van der Waals surface area contributed by atoms with E-state index in [4.69, 9.17) is 11.6 Å². The van der Waals surface area contributed by atoms with Crippen molar-refractivity contribution in [1.82, 2.24) is 4.98 Å². The summed E-state index contributed by atoms with van der Waals surface area (Å²) in [5.74, 6) is 0. The van der Waals surface area contributed by atoms with Crippen molar-refractivity contribution in [3.8, 4) is 0 Å². The zero-order valence-electron chi connectivity index (χ0n) is 16.5. The van der Waals surface area contributed by atoms with Gasteiger partial charge in [-0.2, -0.15) is 0 Å². The first-order chi connectivity index (χ1) is 14.2. The highest BCUT2D eigenvalue weighted by molar-refractivity contribution is 8.14. The molecule has 0 atom stereocenters. The van der Waals surface area contributed by atoms with E-state index >= 15 is 0 Å². The van der Waals surface area contributed by atoms with Crippen molar-refractivity contribution >= 4 is 60.9 Å². The van der Waals surface area contributed by atoms with Crippen molar-refractivity contribution < 1.29 is 0 Å². The van der Waals surface area contributed by atoms with E-state index in [2.05, 4.69) is 44.9 Å². The minimum Gasteiger partial charge on any atom is -0.361 e. The SMILES string of the molecule is CN=C(Nc1ccc(CCNc2nc3ccc(Cl)cc3s2)cc1)SC1CCCC1. The second-order valence-corrected chi connectivity index (χ2v) is 9.94. The third-order valence-corrected chi connectivity index (χ3v) is 7.55. The molecule has 4 nitrogen and oxygen atoms in total. The molecule has 0 bridgehead atoms. The van der Waals surface area contributed by atoms with E-state index in [-0.39, 0.29) is 0 Å². The van der Waals surface area contributed by atoms with Crippen LogP contribution in [0.4, 0.5) is 10.8 Å². The van der Waals surface area contributed by atoms with Crippen molar-refractivity contribution in [3.05, 3.63) is 53.1 Å². The Morgan fingerprint density at radius 2 is 2.00 bits per heavy atom. The number of aliphatic imine (C=N–C) groups is 1. The van der Waals surface area contributed by atoms with Crippen LogP contribution < -0.4 is 10.6 Å². The molecule has 1 aromatic heterocycles. The number of nitrogens with zero attached hydrogens (tertiary/aromatic N) is 2. The van der Waals surface area contributed by atoms with Crippen LogP contribution in [0, 0.1) is 0 Å². The minimum atomic E-state index is 0.713. The third-order valence-electron chi connectivity index (χ3n) is 5.03. The van der Waals surface area contributed by atoms with E-state index in [1.54, 1.807) is 11.3 Å². The lowest BCUT2D eigenvalue weighted by atomic mass is 10.1. The lowest BCUT2D eigenvalue weighted by Gasteiger charge is -2.13. The lowest BCUT2D eigenvalue weighted by Crippen LogP contribution is -2.12. The number of rotatable bonds is 6. The van der Waals surface area contributed by atoms with Crippen molar-refractivity contribution in [3.63, 3.8) is 0 Å². The van der Waals surface area contributed by atoms with Crippen molar-refractivity contribution in [2.45, 2.75) is 37.4 Å². The maximum absolute atomic E-state index is 6.05. The van der Waals surface area contributed by atoms with Crippen LogP contribution >= 0.6 is 34.7 Å². The number of halogens is 1. The van der Waals surface area contributed by atoms with Gasteiger partial charge in [-0.15, -0.1) is 0 Å². The molecule has 0 spiro atoms. The molecule has 1 fully saturated rings. The van der Waals surface area contributed by atoms with E-state index in [1.807, 2.05) is 37.0 Å². The molecule has 0 radical (unpaired) electrons. The number of aromatic nitrogens is 1. The van der Waals surface area contributed by atoms with Crippen LogP contribution in [0.15, 0.2) is 47.5 Å². The van der Waals surface area contributed by atoms with Gasteiger partial charge in [0, 0.05) is 29.6 Å². The first-order valence-electron chi connectivity index (χ1n) is 9.99. The maximum Gasteiger partial charge on any atom is 0.183 e. The highest BCUT2D eigenvalue weighted by Gasteiger charge is 2.17. The van der Waals surface area contributed by atoms with Gasteiger partial charge in [0.25, 0.3) is 0 Å². The Balaban J connectivity index is 1.27.